The Labute approximate surface area is 148 Å². The third-order valence-corrected chi connectivity index (χ3v) is 4.03. The number of nitrogens with one attached hydrogen (secondary N) is 1. The first-order chi connectivity index (χ1) is 12.1. The van der Waals surface area contributed by atoms with Crippen molar-refractivity contribution < 1.29 is 22.9 Å². The normalized spacial score (nSPS) is 16.0. The minimum Gasteiger partial charge on any atom is -0.363 e. The number of nitro benzene ring substituents is 1. The van der Waals surface area contributed by atoms with E-state index in [0.717, 1.165) is 12.1 Å². The molecule has 7 nitrogen and oxygen atoms in total. The van der Waals surface area contributed by atoms with Crippen LogP contribution in [0.5, 0.6) is 0 Å². The Hall–Kier alpha value is -2.36. The van der Waals surface area contributed by atoms with E-state index in [4.69, 9.17) is 0 Å². The molecule has 0 atom stereocenters. The van der Waals surface area contributed by atoms with Gasteiger partial charge in [0.1, 0.15) is 5.69 Å². The molecule has 26 heavy (non-hydrogen) atoms. The average Bonchev–Trinajstić information content (AvgIpc) is 2.53. The topological polar surface area (TPSA) is 78.7 Å². The van der Waals surface area contributed by atoms with Crippen molar-refractivity contribution in [3.63, 3.8) is 0 Å². The van der Waals surface area contributed by atoms with Crippen LogP contribution in [0.1, 0.15) is 19.4 Å². The monoisotopic (exact) mass is 374 g/mol. The fraction of sp³-hybridized carbons (Fsp3) is 0.562. The maximum atomic E-state index is 12.8. The van der Waals surface area contributed by atoms with Gasteiger partial charge >= 0.3 is 6.18 Å². The molecule has 0 unspecified atom stereocenters. The molecule has 1 heterocycles. The fourth-order valence-electron chi connectivity index (χ4n) is 2.83. The lowest BCUT2D eigenvalue weighted by Crippen LogP contribution is -2.50. The van der Waals surface area contributed by atoms with Crippen molar-refractivity contribution >= 4 is 17.3 Å². The zero-order valence-corrected chi connectivity index (χ0v) is 14.5. The highest BCUT2D eigenvalue weighted by molar-refractivity contribution is 5.78. The van der Waals surface area contributed by atoms with Crippen LogP contribution < -0.4 is 10.2 Å². The molecule has 1 fully saturated rings. The van der Waals surface area contributed by atoms with Crippen molar-refractivity contribution in [1.29, 1.82) is 0 Å². The maximum absolute atomic E-state index is 12.8. The predicted molar refractivity (Wildman–Crippen MR) is 90.0 cm³/mol. The Morgan fingerprint density at radius 1 is 1.27 bits per heavy atom. The highest BCUT2D eigenvalue weighted by Gasteiger charge is 2.34. The molecule has 144 valence electrons. The zero-order chi connectivity index (χ0) is 19.5. The number of carbonyl (C=O) groups excluding carboxylic acids is 1. The summed E-state index contributed by atoms with van der Waals surface area (Å²) in [7, 11) is 0. The number of amides is 1. The Balaban J connectivity index is 2.07. The summed E-state index contributed by atoms with van der Waals surface area (Å²) in [6.07, 6.45) is -4.63. The van der Waals surface area contributed by atoms with Crippen LogP contribution in [0, 0.1) is 10.1 Å². The summed E-state index contributed by atoms with van der Waals surface area (Å²) in [4.78, 5) is 25.8. The van der Waals surface area contributed by atoms with Gasteiger partial charge in [0.05, 0.1) is 17.0 Å². The van der Waals surface area contributed by atoms with Crippen molar-refractivity contribution in [1.82, 2.24) is 10.2 Å². The Morgan fingerprint density at radius 3 is 2.38 bits per heavy atom. The summed E-state index contributed by atoms with van der Waals surface area (Å²) in [6.45, 7) is 5.70. The van der Waals surface area contributed by atoms with Crippen LogP contribution in [0.3, 0.4) is 0 Å². The van der Waals surface area contributed by atoms with Crippen LogP contribution in [0.15, 0.2) is 18.2 Å². The van der Waals surface area contributed by atoms with E-state index in [-0.39, 0.29) is 24.2 Å². The molecule has 1 aromatic carbocycles. The highest BCUT2D eigenvalue weighted by atomic mass is 19.4. The van der Waals surface area contributed by atoms with Gasteiger partial charge in [0.25, 0.3) is 5.69 Å². The predicted octanol–water partition coefficient (Wildman–Crippen LogP) is 2.26. The molecule has 0 radical (unpaired) electrons. The van der Waals surface area contributed by atoms with Crippen molar-refractivity contribution in [2.75, 3.05) is 37.6 Å². The van der Waals surface area contributed by atoms with Gasteiger partial charge in [0.2, 0.25) is 5.91 Å². The van der Waals surface area contributed by atoms with Crippen molar-refractivity contribution in [2.45, 2.75) is 26.1 Å². The van der Waals surface area contributed by atoms with Crippen LogP contribution >= 0.6 is 0 Å². The number of halogens is 3. The molecular formula is C16H21F3N4O3. The van der Waals surface area contributed by atoms with E-state index in [1.807, 2.05) is 18.7 Å². The number of carbonyl (C=O) groups is 1. The molecule has 1 aliphatic heterocycles. The van der Waals surface area contributed by atoms with Crippen molar-refractivity contribution in [3.8, 4) is 0 Å². The van der Waals surface area contributed by atoms with Crippen LogP contribution in [0.4, 0.5) is 24.5 Å². The van der Waals surface area contributed by atoms with Gasteiger partial charge in [-0.15, -0.1) is 0 Å². The van der Waals surface area contributed by atoms with Crippen LogP contribution in [-0.4, -0.2) is 54.5 Å². The minimum absolute atomic E-state index is 0.0404. The lowest BCUT2D eigenvalue weighted by Gasteiger charge is -2.35. The Bertz CT molecular complexity index is 671. The van der Waals surface area contributed by atoms with E-state index in [0.29, 0.717) is 32.2 Å². The first-order valence-electron chi connectivity index (χ1n) is 8.20. The van der Waals surface area contributed by atoms with E-state index in [9.17, 15) is 28.1 Å². The summed E-state index contributed by atoms with van der Waals surface area (Å²) in [5, 5.41) is 14.0. The number of rotatable bonds is 5. The standard InChI is InChI=1S/C16H21F3N4O3/c1-11(2)20-15(24)10-21-5-7-22(8-6-21)13-4-3-12(16(17,18)19)9-14(13)23(25)26/h3-4,9,11H,5-8,10H2,1-2H3,(H,20,24). The number of benzene rings is 1. The minimum atomic E-state index is -4.63. The van der Waals surface area contributed by atoms with Gasteiger partial charge in [-0.3, -0.25) is 19.8 Å². The SMILES string of the molecule is CC(C)NC(=O)CN1CCN(c2ccc(C(F)(F)F)cc2[N+](=O)[O-])CC1. The van der Waals surface area contributed by atoms with Crippen LogP contribution in [0.2, 0.25) is 0 Å². The Kier molecular flexibility index (Phi) is 6.06. The van der Waals surface area contributed by atoms with E-state index in [1.54, 1.807) is 4.90 Å². The van der Waals surface area contributed by atoms with Crippen molar-refractivity contribution in [3.05, 3.63) is 33.9 Å². The number of anilines is 1. The third-order valence-electron chi connectivity index (χ3n) is 4.03. The molecule has 0 aromatic heterocycles. The molecule has 0 aliphatic carbocycles. The second-order valence-corrected chi connectivity index (χ2v) is 6.44. The zero-order valence-electron chi connectivity index (χ0n) is 14.5. The van der Waals surface area contributed by atoms with E-state index >= 15 is 0 Å². The number of piperazine rings is 1. The molecule has 1 saturated heterocycles. The van der Waals surface area contributed by atoms with Gasteiger partial charge in [0, 0.05) is 38.3 Å². The maximum Gasteiger partial charge on any atom is 0.416 e. The van der Waals surface area contributed by atoms with E-state index < -0.39 is 22.4 Å². The molecule has 1 aliphatic rings. The van der Waals surface area contributed by atoms with Crippen molar-refractivity contribution in [2.24, 2.45) is 0 Å². The van der Waals surface area contributed by atoms with Gasteiger partial charge in [-0.25, -0.2) is 0 Å². The van der Waals surface area contributed by atoms with Gasteiger partial charge in [-0.2, -0.15) is 13.2 Å². The number of nitro groups is 1. The average molecular weight is 374 g/mol. The molecular weight excluding hydrogens is 353 g/mol. The smallest absolute Gasteiger partial charge is 0.363 e. The lowest BCUT2D eigenvalue weighted by atomic mass is 10.1. The van der Waals surface area contributed by atoms with Gasteiger partial charge in [-0.1, -0.05) is 0 Å². The highest BCUT2D eigenvalue weighted by Crippen LogP contribution is 2.36. The first-order valence-corrected chi connectivity index (χ1v) is 8.20. The third kappa shape index (κ3) is 5.07. The summed E-state index contributed by atoms with van der Waals surface area (Å²) in [6, 6.07) is 2.60. The number of alkyl halides is 3. The fourth-order valence-corrected chi connectivity index (χ4v) is 2.83. The van der Waals surface area contributed by atoms with E-state index in [2.05, 4.69) is 5.32 Å². The summed E-state index contributed by atoms with van der Waals surface area (Å²) in [5.41, 5.74) is -1.45. The number of hydrogen-bond acceptors (Lipinski definition) is 5. The van der Waals surface area contributed by atoms with Gasteiger partial charge < -0.3 is 10.2 Å². The largest absolute Gasteiger partial charge is 0.416 e. The quantitative estimate of drug-likeness (QED) is 0.632. The first kappa shape index (κ1) is 20.0. The van der Waals surface area contributed by atoms with Gasteiger partial charge in [0.15, 0.2) is 0 Å². The van der Waals surface area contributed by atoms with Crippen LogP contribution in [-0.2, 0) is 11.0 Å². The molecule has 1 aromatic rings. The molecule has 0 bridgehead atoms. The molecule has 2 rings (SSSR count). The van der Waals surface area contributed by atoms with Crippen LogP contribution in [0.25, 0.3) is 0 Å². The molecule has 0 saturated carbocycles. The second kappa shape index (κ2) is 7.90. The van der Waals surface area contributed by atoms with Gasteiger partial charge in [-0.05, 0) is 26.0 Å². The summed E-state index contributed by atoms with van der Waals surface area (Å²) in [5.74, 6) is -0.103. The lowest BCUT2D eigenvalue weighted by molar-refractivity contribution is -0.384. The molecule has 1 amide bonds. The molecule has 0 spiro atoms. The summed E-state index contributed by atoms with van der Waals surface area (Å²) >= 11 is 0. The summed E-state index contributed by atoms with van der Waals surface area (Å²) < 4.78 is 38.4. The second-order valence-electron chi connectivity index (χ2n) is 6.44. The molecule has 1 N–H and O–H groups in total. The van der Waals surface area contributed by atoms with E-state index in [1.165, 1.54) is 0 Å². The number of nitrogens with zero attached hydrogens (tertiary/aromatic N) is 3. The number of hydrogen-bond donors (Lipinski definition) is 1. The Morgan fingerprint density at radius 2 is 1.88 bits per heavy atom. The molecule has 10 heteroatoms.